The van der Waals surface area contributed by atoms with Crippen LogP contribution in [0, 0.1) is 6.92 Å². The minimum atomic E-state index is -1.30. The normalized spacial score (nSPS) is 18.1. The van der Waals surface area contributed by atoms with Gasteiger partial charge in [-0.2, -0.15) is 0 Å². The number of imidazole rings is 1. The van der Waals surface area contributed by atoms with E-state index < -0.39 is 10.8 Å². The number of Topliss-reactive ketones (excluding diaryl/α,β-unsaturated/α-hetero) is 1. The summed E-state index contributed by atoms with van der Waals surface area (Å²) in [7, 11) is -1.30. The Kier molecular flexibility index (Phi) is 4.00. The first-order chi connectivity index (χ1) is 12.0. The molecule has 0 aliphatic heterocycles. The van der Waals surface area contributed by atoms with Crippen LogP contribution >= 0.6 is 0 Å². The molecule has 3 aromatic rings. The van der Waals surface area contributed by atoms with E-state index >= 15 is 0 Å². The van der Waals surface area contributed by atoms with Gasteiger partial charge in [-0.05, 0) is 62.4 Å². The summed E-state index contributed by atoms with van der Waals surface area (Å²) in [5, 5.41) is 0.313. The number of carbonyl (C=O) groups excluding carboxylic acids is 1. The summed E-state index contributed by atoms with van der Waals surface area (Å²) in [5.74, 6) is -0.0000462. The molecule has 1 aliphatic carbocycles. The van der Waals surface area contributed by atoms with Gasteiger partial charge in [-0.3, -0.25) is 14.0 Å². The molecule has 25 heavy (non-hydrogen) atoms. The molecule has 0 bridgehead atoms. The first-order valence-corrected chi connectivity index (χ1v) is 9.61. The Morgan fingerprint density at radius 2 is 2.16 bits per heavy atom. The summed E-state index contributed by atoms with van der Waals surface area (Å²) in [6.07, 6.45) is 4.67. The third-order valence-electron chi connectivity index (χ3n) is 4.67. The average molecular weight is 353 g/mol. The van der Waals surface area contributed by atoms with Gasteiger partial charge in [0.25, 0.3) is 0 Å². The van der Waals surface area contributed by atoms with E-state index in [4.69, 9.17) is 0 Å². The van der Waals surface area contributed by atoms with Crippen molar-refractivity contribution in [3.63, 3.8) is 0 Å². The number of hydrogen-bond acceptors (Lipinski definition) is 4. The SMILES string of the molecule is CC(=O)c1ccc2nc(S(=O)C3CCCc4cc(C)cnc43)[nH]c2c1. The van der Waals surface area contributed by atoms with E-state index in [0.29, 0.717) is 10.7 Å². The lowest BCUT2D eigenvalue weighted by Gasteiger charge is -2.23. The Hall–Kier alpha value is -2.34. The van der Waals surface area contributed by atoms with Crippen molar-refractivity contribution in [2.45, 2.75) is 43.5 Å². The van der Waals surface area contributed by atoms with Gasteiger partial charge < -0.3 is 4.98 Å². The van der Waals surface area contributed by atoms with Crippen LogP contribution < -0.4 is 0 Å². The molecule has 1 N–H and O–H groups in total. The number of pyridine rings is 1. The molecule has 6 heteroatoms. The van der Waals surface area contributed by atoms with Crippen molar-refractivity contribution in [3.05, 3.63) is 52.8 Å². The van der Waals surface area contributed by atoms with E-state index in [1.54, 1.807) is 18.2 Å². The molecule has 0 saturated heterocycles. The van der Waals surface area contributed by atoms with Crippen LogP contribution in [0.2, 0.25) is 0 Å². The van der Waals surface area contributed by atoms with Gasteiger partial charge in [-0.15, -0.1) is 0 Å². The Morgan fingerprint density at radius 3 is 2.96 bits per heavy atom. The first kappa shape index (κ1) is 16.1. The zero-order valence-electron chi connectivity index (χ0n) is 14.2. The minimum Gasteiger partial charge on any atom is -0.331 e. The Balaban J connectivity index is 1.72. The van der Waals surface area contributed by atoms with Crippen molar-refractivity contribution in [2.24, 2.45) is 0 Å². The molecule has 0 saturated carbocycles. The Morgan fingerprint density at radius 1 is 1.32 bits per heavy atom. The second kappa shape index (κ2) is 6.19. The van der Waals surface area contributed by atoms with Crippen LogP contribution in [0.3, 0.4) is 0 Å². The van der Waals surface area contributed by atoms with Crippen molar-refractivity contribution in [1.29, 1.82) is 0 Å². The maximum Gasteiger partial charge on any atom is 0.198 e. The van der Waals surface area contributed by atoms with Gasteiger partial charge >= 0.3 is 0 Å². The van der Waals surface area contributed by atoms with Gasteiger partial charge in [0, 0.05) is 11.8 Å². The fourth-order valence-corrected chi connectivity index (χ4v) is 4.85. The fourth-order valence-electron chi connectivity index (χ4n) is 3.39. The van der Waals surface area contributed by atoms with Crippen LogP contribution in [0.1, 0.15) is 52.2 Å². The van der Waals surface area contributed by atoms with Crippen LogP contribution in [-0.2, 0) is 17.2 Å². The highest BCUT2D eigenvalue weighted by molar-refractivity contribution is 7.85. The van der Waals surface area contributed by atoms with Crippen LogP contribution in [0.15, 0.2) is 35.6 Å². The number of hydrogen-bond donors (Lipinski definition) is 1. The van der Waals surface area contributed by atoms with E-state index in [2.05, 4.69) is 21.0 Å². The number of aromatic nitrogens is 3. The zero-order valence-corrected chi connectivity index (χ0v) is 15.0. The van der Waals surface area contributed by atoms with Crippen LogP contribution in [0.5, 0.6) is 0 Å². The lowest BCUT2D eigenvalue weighted by molar-refractivity contribution is 0.101. The number of fused-ring (bicyclic) bond motifs is 2. The largest absolute Gasteiger partial charge is 0.331 e. The summed E-state index contributed by atoms with van der Waals surface area (Å²) >= 11 is 0. The lowest BCUT2D eigenvalue weighted by Crippen LogP contribution is -2.17. The fraction of sp³-hybridized carbons (Fsp3) is 0.316. The van der Waals surface area contributed by atoms with E-state index in [1.165, 1.54) is 12.5 Å². The average Bonchev–Trinajstić information content (AvgIpc) is 3.03. The standard InChI is InChI=1S/C19H19N3O2S/c1-11-8-14-4-3-5-17(18(14)20-10-11)25(24)19-21-15-7-6-13(12(2)23)9-16(15)22-19/h6-10,17H,3-5H2,1-2H3,(H,21,22). The van der Waals surface area contributed by atoms with Gasteiger partial charge in [0.05, 0.1) is 32.8 Å². The molecule has 2 aromatic heterocycles. The summed E-state index contributed by atoms with van der Waals surface area (Å²) < 4.78 is 13.1. The molecule has 128 valence electrons. The quantitative estimate of drug-likeness (QED) is 0.729. The number of nitrogens with one attached hydrogen (secondary N) is 1. The number of rotatable bonds is 3. The topological polar surface area (TPSA) is 75.7 Å². The summed E-state index contributed by atoms with van der Waals surface area (Å²) in [5.41, 5.74) is 5.34. The summed E-state index contributed by atoms with van der Waals surface area (Å²) in [6, 6.07) is 7.45. The second-order valence-electron chi connectivity index (χ2n) is 6.57. The smallest absolute Gasteiger partial charge is 0.198 e. The highest BCUT2D eigenvalue weighted by atomic mass is 32.2. The van der Waals surface area contributed by atoms with Crippen LogP contribution in [0.4, 0.5) is 0 Å². The van der Waals surface area contributed by atoms with E-state index in [0.717, 1.165) is 41.6 Å². The molecule has 2 heterocycles. The number of aryl methyl sites for hydroxylation is 2. The number of H-pyrrole nitrogens is 1. The van der Waals surface area contributed by atoms with Crippen LogP contribution in [-0.4, -0.2) is 24.9 Å². The molecule has 0 fully saturated rings. The molecular formula is C19H19N3O2S. The van der Waals surface area contributed by atoms with Gasteiger partial charge in [0.2, 0.25) is 0 Å². The highest BCUT2D eigenvalue weighted by Crippen LogP contribution is 2.35. The molecular weight excluding hydrogens is 334 g/mol. The molecule has 2 unspecified atom stereocenters. The van der Waals surface area contributed by atoms with Gasteiger partial charge in [-0.25, -0.2) is 4.98 Å². The van der Waals surface area contributed by atoms with E-state index in [9.17, 15) is 9.00 Å². The third-order valence-corrected chi connectivity index (χ3v) is 6.22. The first-order valence-electron chi connectivity index (χ1n) is 8.39. The van der Waals surface area contributed by atoms with Gasteiger partial charge in [-0.1, -0.05) is 6.07 Å². The Labute approximate surface area is 148 Å². The molecule has 4 rings (SSSR count). The van der Waals surface area contributed by atoms with Crippen molar-refractivity contribution >= 4 is 27.6 Å². The molecule has 2 atom stereocenters. The second-order valence-corrected chi connectivity index (χ2v) is 8.12. The number of aromatic amines is 1. The molecule has 1 aliphatic rings. The maximum absolute atomic E-state index is 13.1. The molecule has 5 nitrogen and oxygen atoms in total. The predicted octanol–water partition coefficient (Wildman–Crippen LogP) is 3.65. The van der Waals surface area contributed by atoms with Crippen molar-refractivity contribution in [3.8, 4) is 0 Å². The predicted molar refractivity (Wildman–Crippen MR) is 97.2 cm³/mol. The van der Waals surface area contributed by atoms with Crippen molar-refractivity contribution in [2.75, 3.05) is 0 Å². The van der Waals surface area contributed by atoms with E-state index in [1.807, 2.05) is 13.1 Å². The van der Waals surface area contributed by atoms with Gasteiger partial charge in [0.15, 0.2) is 10.9 Å². The van der Waals surface area contributed by atoms with E-state index in [-0.39, 0.29) is 11.0 Å². The zero-order chi connectivity index (χ0) is 17.6. The van der Waals surface area contributed by atoms with Crippen molar-refractivity contribution in [1.82, 2.24) is 15.0 Å². The minimum absolute atomic E-state index is 0.0000462. The van der Waals surface area contributed by atoms with Gasteiger partial charge in [0.1, 0.15) is 0 Å². The number of nitrogens with zero attached hydrogens (tertiary/aromatic N) is 2. The maximum atomic E-state index is 13.1. The van der Waals surface area contributed by atoms with Crippen LogP contribution in [0.25, 0.3) is 11.0 Å². The molecule has 1 aromatic carbocycles. The monoisotopic (exact) mass is 353 g/mol. The molecule has 0 radical (unpaired) electrons. The van der Waals surface area contributed by atoms with Crippen molar-refractivity contribution < 1.29 is 9.00 Å². The number of benzene rings is 1. The number of carbonyl (C=O) groups is 1. The molecule has 0 amide bonds. The lowest BCUT2D eigenvalue weighted by atomic mass is 9.95. The molecule has 0 spiro atoms. The Bertz CT molecular complexity index is 1010. The third kappa shape index (κ3) is 2.91. The summed E-state index contributed by atoms with van der Waals surface area (Å²) in [6.45, 7) is 3.56. The summed E-state index contributed by atoms with van der Waals surface area (Å²) in [4.78, 5) is 23.7. The number of ketones is 1. The highest BCUT2D eigenvalue weighted by Gasteiger charge is 2.29.